The van der Waals surface area contributed by atoms with Crippen molar-refractivity contribution in [3.05, 3.63) is 41.6 Å². The number of methoxy groups -OCH3 is 1. The monoisotopic (exact) mass is 275 g/mol. The number of aryl methyl sites for hydroxylation is 1. The number of aromatic nitrogens is 1. The zero-order valence-corrected chi connectivity index (χ0v) is 11.6. The van der Waals surface area contributed by atoms with E-state index in [2.05, 4.69) is 10.3 Å². The maximum atomic E-state index is 12.1. The van der Waals surface area contributed by atoms with Gasteiger partial charge >= 0.3 is 0 Å². The number of benzene rings is 1. The second-order valence-corrected chi connectivity index (χ2v) is 4.46. The minimum Gasteiger partial charge on any atom is -0.495 e. The smallest absolute Gasteiger partial charge is 0.251 e. The molecular weight excluding hydrogens is 258 g/mol. The number of nitrogens with one attached hydrogen (secondary N) is 1. The van der Waals surface area contributed by atoms with Crippen molar-refractivity contribution < 1.29 is 13.9 Å². The van der Waals surface area contributed by atoms with Crippen LogP contribution in [-0.4, -0.2) is 18.0 Å². The molecule has 1 aromatic heterocycles. The summed E-state index contributed by atoms with van der Waals surface area (Å²) in [6, 6.07) is 4.56. The molecule has 0 radical (unpaired) electrons. The molecule has 20 heavy (non-hydrogen) atoms. The molecule has 0 saturated heterocycles. The maximum absolute atomic E-state index is 12.1. The number of hydrogen-bond donors (Lipinski definition) is 2. The maximum Gasteiger partial charge on any atom is 0.251 e. The van der Waals surface area contributed by atoms with Crippen LogP contribution in [0.1, 0.15) is 35.0 Å². The fourth-order valence-corrected chi connectivity index (χ4v) is 1.79. The van der Waals surface area contributed by atoms with Crippen LogP contribution >= 0.6 is 0 Å². The summed E-state index contributed by atoms with van der Waals surface area (Å²) in [5.41, 5.74) is 6.65. The van der Waals surface area contributed by atoms with Gasteiger partial charge < -0.3 is 20.2 Å². The van der Waals surface area contributed by atoms with Crippen LogP contribution in [0.4, 0.5) is 5.69 Å². The molecule has 1 atom stereocenters. The third-order valence-corrected chi connectivity index (χ3v) is 2.85. The highest BCUT2D eigenvalue weighted by Gasteiger charge is 2.16. The first kappa shape index (κ1) is 13.9. The number of amides is 1. The predicted molar refractivity (Wildman–Crippen MR) is 74.5 cm³/mol. The minimum atomic E-state index is -0.320. The van der Waals surface area contributed by atoms with Crippen molar-refractivity contribution in [2.45, 2.75) is 19.9 Å². The molecule has 2 aromatic rings. The Kier molecular flexibility index (Phi) is 3.93. The van der Waals surface area contributed by atoms with Gasteiger partial charge in [0, 0.05) is 5.56 Å². The van der Waals surface area contributed by atoms with E-state index in [9.17, 15) is 4.79 Å². The normalized spacial score (nSPS) is 11.9. The van der Waals surface area contributed by atoms with Crippen LogP contribution in [0, 0.1) is 6.92 Å². The third kappa shape index (κ3) is 2.90. The van der Waals surface area contributed by atoms with Crippen molar-refractivity contribution in [3.63, 3.8) is 0 Å². The Bertz CT molecular complexity index is 622. The van der Waals surface area contributed by atoms with Gasteiger partial charge in [-0.25, -0.2) is 4.98 Å². The number of anilines is 1. The largest absolute Gasteiger partial charge is 0.495 e. The van der Waals surface area contributed by atoms with Gasteiger partial charge in [-0.2, -0.15) is 0 Å². The minimum absolute atomic E-state index is 0.247. The third-order valence-electron chi connectivity index (χ3n) is 2.85. The van der Waals surface area contributed by atoms with E-state index < -0.39 is 0 Å². The Balaban J connectivity index is 2.10. The molecule has 0 aliphatic heterocycles. The van der Waals surface area contributed by atoms with Gasteiger partial charge in [0.05, 0.1) is 19.0 Å². The second kappa shape index (κ2) is 5.64. The lowest BCUT2D eigenvalue weighted by atomic mass is 10.1. The molecule has 1 amide bonds. The van der Waals surface area contributed by atoms with Gasteiger partial charge in [0.25, 0.3) is 5.91 Å². The van der Waals surface area contributed by atoms with Crippen LogP contribution in [0.2, 0.25) is 0 Å². The molecule has 1 aromatic carbocycles. The Morgan fingerprint density at radius 3 is 2.80 bits per heavy atom. The van der Waals surface area contributed by atoms with Gasteiger partial charge in [-0.05, 0) is 32.0 Å². The Morgan fingerprint density at radius 2 is 2.25 bits per heavy atom. The summed E-state index contributed by atoms with van der Waals surface area (Å²) in [6.45, 7) is 3.60. The average molecular weight is 275 g/mol. The van der Waals surface area contributed by atoms with E-state index in [0.29, 0.717) is 28.7 Å². The van der Waals surface area contributed by atoms with Crippen LogP contribution in [0.3, 0.4) is 0 Å². The van der Waals surface area contributed by atoms with E-state index in [1.165, 1.54) is 7.11 Å². The van der Waals surface area contributed by atoms with Gasteiger partial charge in [-0.15, -0.1) is 0 Å². The SMILES string of the molecule is COc1ccc(C(=O)NC(C)c2ncc(C)o2)cc1N. The molecule has 2 rings (SSSR count). The van der Waals surface area contributed by atoms with Crippen molar-refractivity contribution in [1.82, 2.24) is 10.3 Å². The standard InChI is InChI=1S/C14H17N3O3/c1-8-7-16-14(20-8)9(2)17-13(18)10-4-5-12(19-3)11(15)6-10/h4-7,9H,15H2,1-3H3,(H,17,18). The van der Waals surface area contributed by atoms with E-state index in [1.54, 1.807) is 38.2 Å². The summed E-state index contributed by atoms with van der Waals surface area (Å²) in [4.78, 5) is 16.2. The lowest BCUT2D eigenvalue weighted by Gasteiger charge is -2.11. The number of carbonyl (C=O) groups is 1. The zero-order chi connectivity index (χ0) is 14.7. The number of nitrogens with two attached hydrogens (primary N) is 1. The quantitative estimate of drug-likeness (QED) is 0.833. The van der Waals surface area contributed by atoms with E-state index in [1.807, 2.05) is 0 Å². The molecule has 6 nitrogen and oxygen atoms in total. The lowest BCUT2D eigenvalue weighted by molar-refractivity contribution is 0.0934. The van der Waals surface area contributed by atoms with Crippen molar-refractivity contribution in [2.24, 2.45) is 0 Å². The molecule has 3 N–H and O–H groups in total. The first-order chi connectivity index (χ1) is 9.51. The Labute approximate surface area is 116 Å². The number of ether oxygens (including phenoxy) is 1. The fraction of sp³-hybridized carbons (Fsp3) is 0.286. The number of nitrogen functional groups attached to an aromatic ring is 1. The van der Waals surface area contributed by atoms with E-state index in [4.69, 9.17) is 14.9 Å². The molecule has 0 aliphatic rings. The molecule has 0 bridgehead atoms. The lowest BCUT2D eigenvalue weighted by Crippen LogP contribution is -2.26. The molecular formula is C14H17N3O3. The summed E-state index contributed by atoms with van der Waals surface area (Å²) < 4.78 is 10.4. The molecule has 1 heterocycles. The number of oxazole rings is 1. The van der Waals surface area contributed by atoms with E-state index >= 15 is 0 Å². The molecule has 0 spiro atoms. The highest BCUT2D eigenvalue weighted by Crippen LogP contribution is 2.22. The van der Waals surface area contributed by atoms with Crippen LogP contribution in [0.25, 0.3) is 0 Å². The zero-order valence-electron chi connectivity index (χ0n) is 11.6. The highest BCUT2D eigenvalue weighted by molar-refractivity contribution is 5.95. The Morgan fingerprint density at radius 1 is 1.50 bits per heavy atom. The molecule has 106 valence electrons. The summed E-state index contributed by atoms with van der Waals surface area (Å²) in [5.74, 6) is 1.47. The number of hydrogen-bond acceptors (Lipinski definition) is 5. The summed E-state index contributed by atoms with van der Waals surface area (Å²) in [7, 11) is 1.53. The van der Waals surface area contributed by atoms with Crippen molar-refractivity contribution in [3.8, 4) is 5.75 Å². The van der Waals surface area contributed by atoms with Crippen LogP contribution in [-0.2, 0) is 0 Å². The van der Waals surface area contributed by atoms with Crippen molar-refractivity contribution in [2.75, 3.05) is 12.8 Å². The number of rotatable bonds is 4. The first-order valence-corrected chi connectivity index (χ1v) is 6.18. The fourth-order valence-electron chi connectivity index (χ4n) is 1.79. The van der Waals surface area contributed by atoms with Crippen LogP contribution in [0.5, 0.6) is 5.75 Å². The van der Waals surface area contributed by atoms with Crippen molar-refractivity contribution >= 4 is 11.6 Å². The molecule has 1 unspecified atom stereocenters. The summed E-state index contributed by atoms with van der Waals surface area (Å²) >= 11 is 0. The van der Waals surface area contributed by atoms with Gasteiger partial charge in [0.1, 0.15) is 17.6 Å². The molecule has 0 saturated carbocycles. The first-order valence-electron chi connectivity index (χ1n) is 6.18. The number of carbonyl (C=O) groups excluding carboxylic acids is 1. The van der Waals surface area contributed by atoms with E-state index in [-0.39, 0.29) is 11.9 Å². The Hall–Kier alpha value is -2.50. The summed E-state index contributed by atoms with van der Waals surface area (Å²) in [5, 5.41) is 2.80. The highest BCUT2D eigenvalue weighted by atomic mass is 16.5. The van der Waals surface area contributed by atoms with E-state index in [0.717, 1.165) is 0 Å². The molecule has 0 fully saturated rings. The second-order valence-electron chi connectivity index (χ2n) is 4.46. The average Bonchev–Trinajstić information content (AvgIpc) is 2.85. The molecule has 6 heteroatoms. The van der Waals surface area contributed by atoms with Gasteiger partial charge in [0.15, 0.2) is 0 Å². The van der Waals surface area contributed by atoms with Crippen LogP contribution < -0.4 is 15.8 Å². The van der Waals surface area contributed by atoms with Gasteiger partial charge in [0.2, 0.25) is 5.89 Å². The van der Waals surface area contributed by atoms with Crippen molar-refractivity contribution in [1.29, 1.82) is 0 Å². The van der Waals surface area contributed by atoms with Gasteiger partial charge in [-0.3, -0.25) is 4.79 Å². The molecule has 0 aliphatic carbocycles. The van der Waals surface area contributed by atoms with Gasteiger partial charge in [-0.1, -0.05) is 0 Å². The summed E-state index contributed by atoms with van der Waals surface area (Å²) in [6.07, 6.45) is 1.61. The number of nitrogens with zero attached hydrogens (tertiary/aromatic N) is 1. The topological polar surface area (TPSA) is 90.4 Å². The van der Waals surface area contributed by atoms with Crippen LogP contribution in [0.15, 0.2) is 28.8 Å². The predicted octanol–water partition coefficient (Wildman–Crippen LogP) is 2.06.